The molecule has 0 amide bonds. The molecule has 92 valence electrons. The molecule has 4 nitrogen and oxygen atoms in total. The minimum absolute atomic E-state index is 0.197. The Hall–Kier alpha value is -0.610. The summed E-state index contributed by atoms with van der Waals surface area (Å²) in [6.45, 7) is 2.60. The van der Waals surface area contributed by atoms with Gasteiger partial charge in [-0.15, -0.1) is 0 Å². The molecule has 1 saturated heterocycles. The monoisotopic (exact) mass is 227 g/mol. The molecule has 1 N–H and O–H groups in total. The highest BCUT2D eigenvalue weighted by atomic mass is 16.6. The predicted molar refractivity (Wildman–Crippen MR) is 60.1 cm³/mol. The molecule has 16 heavy (non-hydrogen) atoms. The van der Waals surface area contributed by atoms with Gasteiger partial charge in [-0.05, 0) is 18.8 Å². The van der Waals surface area contributed by atoms with Gasteiger partial charge < -0.3 is 14.8 Å². The molecule has 1 aliphatic carbocycles. The SMILES string of the molecule is O=C(OCC1CCCCC1)C1CNCCO1. The highest BCUT2D eigenvalue weighted by Gasteiger charge is 2.24. The zero-order valence-electron chi connectivity index (χ0n) is 9.74. The third-order valence-electron chi connectivity index (χ3n) is 3.38. The van der Waals surface area contributed by atoms with Crippen LogP contribution in [0.2, 0.25) is 0 Å². The Morgan fingerprint density at radius 1 is 1.31 bits per heavy atom. The molecule has 1 heterocycles. The first-order valence-corrected chi connectivity index (χ1v) is 6.35. The Labute approximate surface area is 96.7 Å². The van der Waals surface area contributed by atoms with Gasteiger partial charge in [0.15, 0.2) is 6.10 Å². The molecule has 2 fully saturated rings. The number of rotatable bonds is 3. The number of ether oxygens (including phenoxy) is 2. The molecule has 2 aliphatic rings. The van der Waals surface area contributed by atoms with Crippen molar-refractivity contribution in [2.45, 2.75) is 38.2 Å². The van der Waals surface area contributed by atoms with Gasteiger partial charge in [-0.1, -0.05) is 19.3 Å². The van der Waals surface area contributed by atoms with Crippen molar-refractivity contribution in [1.82, 2.24) is 5.32 Å². The topological polar surface area (TPSA) is 47.6 Å². The summed E-state index contributed by atoms with van der Waals surface area (Å²) in [6, 6.07) is 0. The van der Waals surface area contributed by atoms with Crippen molar-refractivity contribution in [2.75, 3.05) is 26.3 Å². The van der Waals surface area contributed by atoms with E-state index < -0.39 is 6.10 Å². The third kappa shape index (κ3) is 3.46. The minimum Gasteiger partial charge on any atom is -0.463 e. The summed E-state index contributed by atoms with van der Waals surface area (Å²) in [7, 11) is 0. The van der Waals surface area contributed by atoms with Crippen LogP contribution < -0.4 is 5.32 Å². The van der Waals surface area contributed by atoms with Crippen LogP contribution in [0.15, 0.2) is 0 Å². The molecule has 0 radical (unpaired) electrons. The first-order chi connectivity index (χ1) is 7.86. The molecular formula is C12H21NO3. The maximum Gasteiger partial charge on any atom is 0.336 e. The van der Waals surface area contributed by atoms with Crippen LogP contribution in [0.25, 0.3) is 0 Å². The van der Waals surface area contributed by atoms with Gasteiger partial charge in [-0.25, -0.2) is 4.79 Å². The second-order valence-corrected chi connectivity index (χ2v) is 4.70. The lowest BCUT2D eigenvalue weighted by molar-refractivity contribution is -0.160. The highest BCUT2D eigenvalue weighted by Crippen LogP contribution is 2.23. The number of carbonyl (C=O) groups is 1. The summed E-state index contributed by atoms with van der Waals surface area (Å²) in [5.74, 6) is 0.382. The largest absolute Gasteiger partial charge is 0.463 e. The van der Waals surface area contributed by atoms with Crippen LogP contribution in [0.1, 0.15) is 32.1 Å². The zero-order valence-corrected chi connectivity index (χ0v) is 9.74. The van der Waals surface area contributed by atoms with E-state index in [0.717, 1.165) is 6.54 Å². The van der Waals surface area contributed by atoms with Crippen molar-refractivity contribution < 1.29 is 14.3 Å². The number of esters is 1. The van der Waals surface area contributed by atoms with E-state index in [1.807, 2.05) is 0 Å². The first kappa shape index (κ1) is 11.9. The van der Waals surface area contributed by atoms with Crippen LogP contribution in [0, 0.1) is 5.92 Å². The number of carbonyl (C=O) groups excluding carboxylic acids is 1. The molecule has 1 unspecified atom stereocenters. The van der Waals surface area contributed by atoms with Crippen molar-refractivity contribution in [3.8, 4) is 0 Å². The van der Waals surface area contributed by atoms with Gasteiger partial charge in [0.1, 0.15) is 0 Å². The molecule has 0 aromatic heterocycles. The number of nitrogens with one attached hydrogen (secondary N) is 1. The smallest absolute Gasteiger partial charge is 0.336 e. The van der Waals surface area contributed by atoms with E-state index in [2.05, 4.69) is 5.32 Å². The lowest BCUT2D eigenvalue weighted by Gasteiger charge is -2.25. The van der Waals surface area contributed by atoms with E-state index in [1.54, 1.807) is 0 Å². The zero-order chi connectivity index (χ0) is 11.2. The Kier molecular flexibility index (Phi) is 4.60. The average Bonchev–Trinajstić information content (AvgIpc) is 2.38. The summed E-state index contributed by atoms with van der Waals surface area (Å²) in [5, 5.41) is 3.13. The molecule has 1 atom stereocenters. The van der Waals surface area contributed by atoms with Crippen LogP contribution in [0.5, 0.6) is 0 Å². The lowest BCUT2D eigenvalue weighted by Crippen LogP contribution is -2.44. The summed E-state index contributed by atoms with van der Waals surface area (Å²) in [4.78, 5) is 11.7. The fourth-order valence-electron chi connectivity index (χ4n) is 2.36. The van der Waals surface area contributed by atoms with Crippen molar-refractivity contribution in [1.29, 1.82) is 0 Å². The molecule has 2 rings (SSSR count). The van der Waals surface area contributed by atoms with Gasteiger partial charge in [0.25, 0.3) is 0 Å². The van der Waals surface area contributed by atoms with Crippen LogP contribution >= 0.6 is 0 Å². The van der Waals surface area contributed by atoms with Crippen molar-refractivity contribution in [3.05, 3.63) is 0 Å². The quantitative estimate of drug-likeness (QED) is 0.733. The van der Waals surface area contributed by atoms with Crippen molar-refractivity contribution >= 4 is 5.97 Å². The maximum atomic E-state index is 11.7. The van der Waals surface area contributed by atoms with E-state index in [-0.39, 0.29) is 5.97 Å². The summed E-state index contributed by atoms with van der Waals surface area (Å²) in [5.41, 5.74) is 0. The first-order valence-electron chi connectivity index (χ1n) is 6.35. The molecule has 1 aliphatic heterocycles. The Bertz CT molecular complexity index is 220. The third-order valence-corrected chi connectivity index (χ3v) is 3.38. The van der Waals surface area contributed by atoms with Gasteiger partial charge in [0, 0.05) is 13.1 Å². The van der Waals surface area contributed by atoms with Crippen molar-refractivity contribution in [3.63, 3.8) is 0 Å². The van der Waals surface area contributed by atoms with Gasteiger partial charge in [0.05, 0.1) is 13.2 Å². The van der Waals surface area contributed by atoms with Gasteiger partial charge in [-0.3, -0.25) is 0 Å². The Morgan fingerprint density at radius 3 is 2.81 bits per heavy atom. The second kappa shape index (κ2) is 6.21. The lowest BCUT2D eigenvalue weighted by atomic mass is 9.90. The van der Waals surface area contributed by atoms with Gasteiger partial charge in [0.2, 0.25) is 0 Å². The second-order valence-electron chi connectivity index (χ2n) is 4.70. The van der Waals surface area contributed by atoms with Gasteiger partial charge >= 0.3 is 5.97 Å². The standard InChI is InChI=1S/C12H21NO3/c14-12(11-8-13-6-7-15-11)16-9-10-4-2-1-3-5-10/h10-11,13H,1-9H2. The normalized spacial score (nSPS) is 27.6. The fraction of sp³-hybridized carbons (Fsp3) is 0.917. The minimum atomic E-state index is -0.391. The van der Waals surface area contributed by atoms with Crippen LogP contribution in [-0.2, 0) is 14.3 Å². The summed E-state index contributed by atoms with van der Waals surface area (Å²) < 4.78 is 10.7. The number of morpholine rings is 1. The summed E-state index contributed by atoms with van der Waals surface area (Å²) >= 11 is 0. The molecule has 1 saturated carbocycles. The molecule has 0 spiro atoms. The van der Waals surface area contributed by atoms with Crippen LogP contribution in [-0.4, -0.2) is 38.4 Å². The molecular weight excluding hydrogens is 206 g/mol. The van der Waals surface area contributed by atoms with E-state index in [0.29, 0.717) is 25.7 Å². The maximum absolute atomic E-state index is 11.7. The van der Waals surface area contributed by atoms with E-state index in [9.17, 15) is 4.79 Å². The van der Waals surface area contributed by atoms with E-state index in [4.69, 9.17) is 9.47 Å². The highest BCUT2D eigenvalue weighted by molar-refractivity contribution is 5.75. The van der Waals surface area contributed by atoms with Crippen molar-refractivity contribution in [2.24, 2.45) is 5.92 Å². The molecule has 0 aromatic rings. The Morgan fingerprint density at radius 2 is 2.12 bits per heavy atom. The Balaban J connectivity index is 1.65. The predicted octanol–water partition coefficient (Wildman–Crippen LogP) is 1.10. The van der Waals surface area contributed by atoms with Crippen LogP contribution in [0.3, 0.4) is 0 Å². The molecule has 0 aromatic carbocycles. The van der Waals surface area contributed by atoms with E-state index >= 15 is 0 Å². The number of hydrogen-bond acceptors (Lipinski definition) is 4. The fourth-order valence-corrected chi connectivity index (χ4v) is 2.36. The van der Waals surface area contributed by atoms with Crippen LogP contribution in [0.4, 0.5) is 0 Å². The van der Waals surface area contributed by atoms with Gasteiger partial charge in [-0.2, -0.15) is 0 Å². The summed E-state index contributed by atoms with van der Waals surface area (Å²) in [6.07, 6.45) is 5.92. The molecule has 0 bridgehead atoms. The average molecular weight is 227 g/mol. The number of hydrogen-bond donors (Lipinski definition) is 1. The van der Waals surface area contributed by atoms with E-state index in [1.165, 1.54) is 32.1 Å². The molecule has 4 heteroatoms.